The normalized spacial score (nSPS) is 29.2. The van der Waals surface area contributed by atoms with Gasteiger partial charge in [-0.05, 0) is 49.7 Å². The van der Waals surface area contributed by atoms with E-state index in [9.17, 15) is 9.59 Å². The fraction of sp³-hybridized carbons (Fsp3) is 0.579. The van der Waals surface area contributed by atoms with E-state index >= 15 is 0 Å². The standard InChI is InChI=1S/C19H23ClN2O2/c20-17-6-2-1-5-14(17)15-10-16(15)19(24)22-9-3-4-12(11-22)18(23)21-13-7-8-13/h1-2,5-6,12-13,15-16H,3-4,7-11H2,(H,21,23)/t12-,15+,16+/m1/s1. The molecule has 1 aromatic carbocycles. The summed E-state index contributed by atoms with van der Waals surface area (Å²) in [6.45, 7) is 1.35. The lowest BCUT2D eigenvalue weighted by atomic mass is 9.96. The Hall–Kier alpha value is -1.55. The number of likely N-dealkylation sites (tertiary alicyclic amines) is 1. The molecule has 24 heavy (non-hydrogen) atoms. The molecule has 1 saturated heterocycles. The highest BCUT2D eigenvalue weighted by molar-refractivity contribution is 6.31. The average molecular weight is 347 g/mol. The smallest absolute Gasteiger partial charge is 0.226 e. The summed E-state index contributed by atoms with van der Waals surface area (Å²) in [6, 6.07) is 8.17. The molecule has 0 radical (unpaired) electrons. The summed E-state index contributed by atoms with van der Waals surface area (Å²) in [7, 11) is 0. The number of halogens is 1. The Morgan fingerprint density at radius 1 is 1.17 bits per heavy atom. The summed E-state index contributed by atoms with van der Waals surface area (Å²) in [5.41, 5.74) is 1.08. The number of rotatable bonds is 4. The molecule has 3 atom stereocenters. The van der Waals surface area contributed by atoms with Gasteiger partial charge in [0, 0.05) is 30.1 Å². The number of hydrogen-bond donors (Lipinski definition) is 1. The van der Waals surface area contributed by atoms with Gasteiger partial charge in [0.25, 0.3) is 0 Å². The first-order valence-corrected chi connectivity index (χ1v) is 9.35. The Balaban J connectivity index is 1.36. The third kappa shape index (κ3) is 3.30. The molecule has 1 aliphatic heterocycles. The van der Waals surface area contributed by atoms with Crippen molar-refractivity contribution in [2.75, 3.05) is 13.1 Å². The van der Waals surface area contributed by atoms with Crippen molar-refractivity contribution in [1.82, 2.24) is 10.2 Å². The van der Waals surface area contributed by atoms with Crippen molar-refractivity contribution < 1.29 is 9.59 Å². The summed E-state index contributed by atoms with van der Waals surface area (Å²) in [5, 5.41) is 3.82. The molecule has 4 rings (SSSR count). The summed E-state index contributed by atoms with van der Waals surface area (Å²) >= 11 is 6.26. The van der Waals surface area contributed by atoms with Crippen LogP contribution in [0, 0.1) is 11.8 Å². The Labute approximate surface area is 147 Å². The lowest BCUT2D eigenvalue weighted by Gasteiger charge is -2.32. The van der Waals surface area contributed by atoms with Gasteiger partial charge in [-0.2, -0.15) is 0 Å². The number of carbonyl (C=O) groups is 2. The van der Waals surface area contributed by atoms with E-state index in [1.165, 1.54) is 0 Å². The van der Waals surface area contributed by atoms with Crippen molar-refractivity contribution in [3.63, 3.8) is 0 Å². The second-order valence-corrected chi connectivity index (χ2v) is 7.78. The molecule has 3 fully saturated rings. The molecule has 1 N–H and O–H groups in total. The van der Waals surface area contributed by atoms with Gasteiger partial charge in [-0.3, -0.25) is 9.59 Å². The van der Waals surface area contributed by atoms with Crippen molar-refractivity contribution in [1.29, 1.82) is 0 Å². The van der Waals surface area contributed by atoms with E-state index in [0.717, 1.165) is 49.2 Å². The van der Waals surface area contributed by atoms with Gasteiger partial charge < -0.3 is 10.2 Å². The maximum absolute atomic E-state index is 12.8. The van der Waals surface area contributed by atoms with Crippen LogP contribution in [0.4, 0.5) is 0 Å². The topological polar surface area (TPSA) is 49.4 Å². The van der Waals surface area contributed by atoms with Gasteiger partial charge in [0.2, 0.25) is 11.8 Å². The largest absolute Gasteiger partial charge is 0.353 e. The SMILES string of the molecule is O=C(NC1CC1)[C@@H]1CCCN(C(=O)[C@H]2C[C@H]2c2ccccc2Cl)C1. The summed E-state index contributed by atoms with van der Waals surface area (Å²) in [6.07, 6.45) is 4.88. The average Bonchev–Trinajstić information content (AvgIpc) is 3.50. The Morgan fingerprint density at radius 2 is 1.96 bits per heavy atom. The Morgan fingerprint density at radius 3 is 2.71 bits per heavy atom. The summed E-state index contributed by atoms with van der Waals surface area (Å²) in [4.78, 5) is 27.0. The summed E-state index contributed by atoms with van der Waals surface area (Å²) in [5.74, 6) is 0.570. The van der Waals surface area contributed by atoms with Gasteiger partial charge in [-0.1, -0.05) is 29.8 Å². The van der Waals surface area contributed by atoms with E-state index in [4.69, 9.17) is 11.6 Å². The Kier molecular flexibility index (Phi) is 4.25. The molecular weight excluding hydrogens is 324 g/mol. The number of hydrogen-bond acceptors (Lipinski definition) is 2. The number of nitrogens with zero attached hydrogens (tertiary/aromatic N) is 1. The molecule has 1 heterocycles. The molecule has 1 aromatic rings. The number of benzene rings is 1. The molecule has 0 bridgehead atoms. The molecule has 3 aliphatic rings. The predicted molar refractivity (Wildman–Crippen MR) is 92.8 cm³/mol. The lowest BCUT2D eigenvalue weighted by Crippen LogP contribution is -2.46. The quantitative estimate of drug-likeness (QED) is 0.911. The zero-order chi connectivity index (χ0) is 16.7. The van der Waals surface area contributed by atoms with Crippen LogP contribution in [0.25, 0.3) is 0 Å². The zero-order valence-electron chi connectivity index (χ0n) is 13.7. The molecule has 2 saturated carbocycles. The minimum atomic E-state index is -0.0409. The molecular formula is C19H23ClN2O2. The maximum atomic E-state index is 12.8. The third-order valence-corrected chi connectivity index (χ3v) is 5.78. The molecule has 0 spiro atoms. The van der Waals surface area contributed by atoms with Crippen LogP contribution in [-0.4, -0.2) is 35.8 Å². The van der Waals surface area contributed by atoms with Gasteiger partial charge in [0.1, 0.15) is 0 Å². The second-order valence-electron chi connectivity index (χ2n) is 7.38. The molecule has 2 aliphatic carbocycles. The third-order valence-electron chi connectivity index (χ3n) is 5.44. The molecule has 5 heteroatoms. The van der Waals surface area contributed by atoms with Crippen LogP contribution in [0.1, 0.15) is 43.6 Å². The van der Waals surface area contributed by atoms with E-state index in [-0.39, 0.29) is 29.6 Å². The first-order valence-electron chi connectivity index (χ1n) is 8.97. The highest BCUT2D eigenvalue weighted by Crippen LogP contribution is 2.50. The molecule has 128 valence electrons. The van der Waals surface area contributed by atoms with Gasteiger partial charge in [-0.15, -0.1) is 0 Å². The maximum Gasteiger partial charge on any atom is 0.226 e. The second kappa shape index (κ2) is 6.40. The van der Waals surface area contributed by atoms with Crippen molar-refractivity contribution >= 4 is 23.4 Å². The van der Waals surface area contributed by atoms with Crippen LogP contribution in [0.2, 0.25) is 5.02 Å². The number of nitrogens with one attached hydrogen (secondary N) is 1. The van der Waals surface area contributed by atoms with E-state index in [2.05, 4.69) is 5.32 Å². The van der Waals surface area contributed by atoms with E-state index in [1.54, 1.807) is 0 Å². The monoisotopic (exact) mass is 346 g/mol. The number of amides is 2. The van der Waals surface area contributed by atoms with Crippen LogP contribution in [0.5, 0.6) is 0 Å². The lowest BCUT2D eigenvalue weighted by molar-refractivity contribution is -0.136. The van der Waals surface area contributed by atoms with Gasteiger partial charge in [0.15, 0.2) is 0 Å². The zero-order valence-corrected chi connectivity index (χ0v) is 14.5. The van der Waals surface area contributed by atoms with Crippen molar-refractivity contribution in [2.45, 2.75) is 44.1 Å². The molecule has 0 aromatic heterocycles. The first kappa shape index (κ1) is 15.9. The van der Waals surface area contributed by atoms with Gasteiger partial charge in [0.05, 0.1) is 5.92 Å². The van der Waals surface area contributed by atoms with Crippen LogP contribution in [0.15, 0.2) is 24.3 Å². The minimum absolute atomic E-state index is 0.0372. The molecule has 0 unspecified atom stereocenters. The van der Waals surface area contributed by atoms with Crippen LogP contribution in [-0.2, 0) is 9.59 Å². The number of carbonyl (C=O) groups excluding carboxylic acids is 2. The highest BCUT2D eigenvalue weighted by Gasteiger charge is 2.47. The summed E-state index contributed by atoms with van der Waals surface area (Å²) < 4.78 is 0. The fourth-order valence-corrected chi connectivity index (χ4v) is 4.04. The van der Waals surface area contributed by atoms with Crippen molar-refractivity contribution in [3.05, 3.63) is 34.9 Å². The first-order chi connectivity index (χ1) is 11.6. The van der Waals surface area contributed by atoms with Crippen LogP contribution < -0.4 is 5.32 Å². The van der Waals surface area contributed by atoms with Crippen LogP contribution in [0.3, 0.4) is 0 Å². The highest BCUT2D eigenvalue weighted by atomic mass is 35.5. The van der Waals surface area contributed by atoms with E-state index in [1.807, 2.05) is 29.2 Å². The fourth-order valence-electron chi connectivity index (χ4n) is 3.76. The van der Waals surface area contributed by atoms with Crippen molar-refractivity contribution in [3.8, 4) is 0 Å². The van der Waals surface area contributed by atoms with E-state index < -0.39 is 0 Å². The number of piperidine rings is 1. The van der Waals surface area contributed by atoms with Gasteiger partial charge >= 0.3 is 0 Å². The minimum Gasteiger partial charge on any atom is -0.353 e. The van der Waals surface area contributed by atoms with Crippen LogP contribution >= 0.6 is 11.6 Å². The molecule has 4 nitrogen and oxygen atoms in total. The predicted octanol–water partition coefficient (Wildman–Crippen LogP) is 2.96. The van der Waals surface area contributed by atoms with Gasteiger partial charge in [-0.25, -0.2) is 0 Å². The molecule has 2 amide bonds. The van der Waals surface area contributed by atoms with E-state index in [0.29, 0.717) is 12.6 Å². The Bertz CT molecular complexity index is 659. The van der Waals surface area contributed by atoms with Crippen molar-refractivity contribution in [2.24, 2.45) is 11.8 Å².